The number of hydrogen-bond acceptors (Lipinski definition) is 5. The Bertz CT molecular complexity index is 908. The largest absolute Gasteiger partial charge is 0.325 e. The second-order valence-electron chi connectivity index (χ2n) is 5.76. The smallest absolute Gasteiger partial charge is 0.221 e. The number of amides is 1. The van der Waals surface area contributed by atoms with Crippen molar-refractivity contribution >= 4 is 23.4 Å². The Balaban J connectivity index is 1.99. The van der Waals surface area contributed by atoms with E-state index in [2.05, 4.69) is 45.0 Å². The monoisotopic (exact) mass is 367 g/mol. The molecule has 0 atom stereocenters. The molecule has 6 nitrogen and oxygen atoms in total. The predicted octanol–water partition coefficient (Wildman–Crippen LogP) is 4.03. The summed E-state index contributed by atoms with van der Waals surface area (Å²) >= 11 is 1.51. The van der Waals surface area contributed by atoms with Gasteiger partial charge < -0.3 is 9.88 Å². The molecule has 0 saturated heterocycles. The first-order chi connectivity index (χ1) is 12.6. The molecule has 134 valence electrons. The van der Waals surface area contributed by atoms with E-state index in [4.69, 9.17) is 0 Å². The molecule has 0 radical (unpaired) electrons. The second kappa shape index (κ2) is 8.14. The summed E-state index contributed by atoms with van der Waals surface area (Å²) < 4.78 is 2.05. The second-order valence-corrected chi connectivity index (χ2v) is 6.77. The maximum atomic E-state index is 11.5. The summed E-state index contributed by atoms with van der Waals surface area (Å²) in [4.78, 5) is 16.6. The van der Waals surface area contributed by atoms with Crippen LogP contribution >= 0.6 is 11.8 Å². The van der Waals surface area contributed by atoms with Crippen LogP contribution in [-0.2, 0) is 17.8 Å². The van der Waals surface area contributed by atoms with Crippen molar-refractivity contribution in [3.63, 3.8) is 0 Å². The van der Waals surface area contributed by atoms with Crippen molar-refractivity contribution in [2.45, 2.75) is 43.8 Å². The molecule has 0 saturated carbocycles. The number of anilines is 1. The predicted molar refractivity (Wildman–Crippen MR) is 103 cm³/mol. The van der Waals surface area contributed by atoms with Crippen molar-refractivity contribution in [2.24, 2.45) is 0 Å². The third-order valence-corrected chi connectivity index (χ3v) is 4.96. The molecular weight excluding hydrogens is 346 g/mol. The minimum atomic E-state index is -0.0934. The Morgan fingerprint density at radius 2 is 2.08 bits per heavy atom. The fourth-order valence-corrected chi connectivity index (χ4v) is 3.66. The maximum absolute atomic E-state index is 11.5. The van der Waals surface area contributed by atoms with Gasteiger partial charge in [-0.15, -0.1) is 10.2 Å². The highest BCUT2D eigenvalue weighted by Gasteiger charge is 2.16. The van der Waals surface area contributed by atoms with Crippen molar-refractivity contribution < 1.29 is 4.79 Å². The van der Waals surface area contributed by atoms with Gasteiger partial charge in [-0.2, -0.15) is 0 Å². The van der Waals surface area contributed by atoms with Gasteiger partial charge in [0.05, 0.1) is 5.69 Å². The number of hydrogen-bond donors (Lipinski definition) is 1. The average Bonchev–Trinajstić information content (AvgIpc) is 3.06. The van der Waals surface area contributed by atoms with Crippen molar-refractivity contribution in [2.75, 3.05) is 5.32 Å². The summed E-state index contributed by atoms with van der Waals surface area (Å²) in [6.07, 6.45) is 4.45. The lowest BCUT2D eigenvalue weighted by molar-refractivity contribution is -0.114. The first-order valence-corrected chi connectivity index (χ1v) is 9.36. The summed E-state index contributed by atoms with van der Waals surface area (Å²) in [6.45, 7) is 6.42. The van der Waals surface area contributed by atoms with E-state index in [1.807, 2.05) is 24.3 Å². The molecule has 26 heavy (non-hydrogen) atoms. The highest BCUT2D eigenvalue weighted by atomic mass is 32.2. The van der Waals surface area contributed by atoms with Crippen LogP contribution in [0.25, 0.3) is 11.4 Å². The van der Waals surface area contributed by atoms with E-state index in [-0.39, 0.29) is 5.91 Å². The summed E-state index contributed by atoms with van der Waals surface area (Å²) in [5.41, 5.74) is 2.92. The first-order valence-electron chi connectivity index (χ1n) is 8.54. The van der Waals surface area contributed by atoms with Crippen molar-refractivity contribution in [3.05, 3.63) is 48.3 Å². The Kier molecular flexibility index (Phi) is 5.68. The van der Waals surface area contributed by atoms with Crippen LogP contribution in [0.5, 0.6) is 0 Å². The molecule has 0 aliphatic heterocycles. The quantitative estimate of drug-likeness (QED) is 0.712. The standard InChI is InChI=1S/C19H21N5OS/c1-4-14-8-9-16(21-13(3)25)17(11-14)26-19-23-22-18(24(19)5-2)15-7-6-10-20-12-15/h6-12H,4-5H2,1-3H3,(H,21,25). The topological polar surface area (TPSA) is 72.7 Å². The van der Waals surface area contributed by atoms with Crippen molar-refractivity contribution in [1.29, 1.82) is 0 Å². The van der Waals surface area contributed by atoms with E-state index in [1.165, 1.54) is 24.2 Å². The Morgan fingerprint density at radius 3 is 2.73 bits per heavy atom. The van der Waals surface area contributed by atoms with E-state index in [1.54, 1.807) is 12.4 Å². The number of nitrogens with zero attached hydrogens (tertiary/aromatic N) is 4. The zero-order chi connectivity index (χ0) is 18.5. The molecule has 1 aromatic carbocycles. The molecule has 1 N–H and O–H groups in total. The molecule has 0 aliphatic carbocycles. The Morgan fingerprint density at radius 1 is 1.23 bits per heavy atom. The zero-order valence-electron chi connectivity index (χ0n) is 15.1. The molecule has 0 aliphatic rings. The fraction of sp³-hybridized carbons (Fsp3) is 0.263. The number of nitrogens with one attached hydrogen (secondary N) is 1. The number of rotatable bonds is 6. The molecule has 3 aromatic rings. The van der Waals surface area contributed by atoms with Gasteiger partial charge in [-0.05, 0) is 54.9 Å². The van der Waals surface area contributed by atoms with Gasteiger partial charge in [-0.3, -0.25) is 9.78 Å². The van der Waals surface area contributed by atoms with E-state index in [0.29, 0.717) is 0 Å². The maximum Gasteiger partial charge on any atom is 0.221 e. The van der Waals surface area contributed by atoms with Gasteiger partial charge in [0.2, 0.25) is 5.91 Å². The van der Waals surface area contributed by atoms with Gasteiger partial charge in [0.15, 0.2) is 11.0 Å². The number of aryl methyl sites for hydroxylation is 1. The molecule has 0 unspecified atom stereocenters. The van der Waals surface area contributed by atoms with Crippen LogP contribution in [0.3, 0.4) is 0 Å². The van der Waals surface area contributed by atoms with Gasteiger partial charge in [0, 0.05) is 36.3 Å². The van der Waals surface area contributed by atoms with Crippen LogP contribution in [0.15, 0.2) is 52.8 Å². The molecular formula is C19H21N5OS. The third kappa shape index (κ3) is 3.94. The highest BCUT2D eigenvalue weighted by molar-refractivity contribution is 7.99. The van der Waals surface area contributed by atoms with Crippen molar-refractivity contribution in [1.82, 2.24) is 19.7 Å². The van der Waals surface area contributed by atoms with E-state index < -0.39 is 0 Å². The lowest BCUT2D eigenvalue weighted by Gasteiger charge is -2.12. The Hall–Kier alpha value is -2.67. The molecule has 3 rings (SSSR count). The van der Waals surface area contributed by atoms with Crippen LogP contribution < -0.4 is 5.32 Å². The summed E-state index contributed by atoms with van der Waals surface area (Å²) in [6, 6.07) is 9.92. The fourth-order valence-electron chi connectivity index (χ4n) is 2.62. The van der Waals surface area contributed by atoms with Crippen molar-refractivity contribution in [3.8, 4) is 11.4 Å². The van der Waals surface area contributed by atoms with Gasteiger partial charge in [-0.1, -0.05) is 13.0 Å². The SMILES string of the molecule is CCc1ccc(NC(C)=O)c(Sc2nnc(-c3cccnc3)n2CC)c1. The summed E-state index contributed by atoms with van der Waals surface area (Å²) in [7, 11) is 0. The molecule has 1 amide bonds. The van der Waals surface area contributed by atoms with Crippen LogP contribution in [0.2, 0.25) is 0 Å². The molecule has 0 spiro atoms. The third-order valence-electron chi connectivity index (χ3n) is 3.92. The van der Waals surface area contributed by atoms with Crippen LogP contribution in [0, 0.1) is 0 Å². The zero-order valence-corrected chi connectivity index (χ0v) is 15.9. The number of carbonyl (C=O) groups is 1. The van der Waals surface area contributed by atoms with Gasteiger partial charge in [-0.25, -0.2) is 0 Å². The lowest BCUT2D eigenvalue weighted by Crippen LogP contribution is -2.07. The number of aromatic nitrogens is 4. The van der Waals surface area contributed by atoms with Crippen LogP contribution in [0.1, 0.15) is 26.3 Å². The summed E-state index contributed by atoms with van der Waals surface area (Å²) in [5, 5.41) is 12.4. The van der Waals surface area contributed by atoms with E-state index in [9.17, 15) is 4.79 Å². The molecule has 0 fully saturated rings. The average molecular weight is 367 g/mol. The molecule has 7 heteroatoms. The molecule has 2 aromatic heterocycles. The number of carbonyl (C=O) groups excluding carboxylic acids is 1. The number of benzene rings is 1. The van der Waals surface area contributed by atoms with Gasteiger partial charge >= 0.3 is 0 Å². The first kappa shape index (κ1) is 18.1. The van der Waals surface area contributed by atoms with Gasteiger partial charge in [0.1, 0.15) is 0 Å². The molecule has 2 heterocycles. The lowest BCUT2D eigenvalue weighted by atomic mass is 10.1. The summed E-state index contributed by atoms with van der Waals surface area (Å²) in [5.74, 6) is 0.694. The number of pyridine rings is 1. The highest BCUT2D eigenvalue weighted by Crippen LogP contribution is 2.35. The minimum absolute atomic E-state index is 0.0934. The normalized spacial score (nSPS) is 10.7. The van der Waals surface area contributed by atoms with Crippen LogP contribution in [-0.4, -0.2) is 25.7 Å². The van der Waals surface area contributed by atoms with Crippen LogP contribution in [0.4, 0.5) is 5.69 Å². The van der Waals surface area contributed by atoms with E-state index >= 15 is 0 Å². The minimum Gasteiger partial charge on any atom is -0.325 e. The Labute approximate surface area is 157 Å². The van der Waals surface area contributed by atoms with E-state index in [0.717, 1.165) is 40.1 Å². The molecule has 0 bridgehead atoms. The van der Waals surface area contributed by atoms with Gasteiger partial charge in [0.25, 0.3) is 0 Å².